The zero-order chi connectivity index (χ0) is 13.0. The van der Waals surface area contributed by atoms with Crippen molar-refractivity contribution in [3.63, 3.8) is 0 Å². The summed E-state index contributed by atoms with van der Waals surface area (Å²) in [5, 5.41) is 14.3. The molecule has 1 unspecified atom stereocenters. The molecule has 4 aliphatic rings. The van der Waals surface area contributed by atoms with Gasteiger partial charge in [-0.05, 0) is 55.8 Å². The van der Waals surface area contributed by atoms with E-state index in [4.69, 9.17) is 5.73 Å². The molecule has 5 rings (SSSR count). The van der Waals surface area contributed by atoms with E-state index in [1.807, 2.05) is 6.20 Å². The molecule has 0 aliphatic heterocycles. The van der Waals surface area contributed by atoms with E-state index in [2.05, 4.69) is 9.78 Å². The van der Waals surface area contributed by atoms with Crippen molar-refractivity contribution in [2.45, 2.75) is 44.2 Å². The molecule has 4 fully saturated rings. The summed E-state index contributed by atoms with van der Waals surface area (Å²) < 4.78 is 2.14. The van der Waals surface area contributed by atoms with Gasteiger partial charge < -0.3 is 10.8 Å². The molecule has 0 spiro atoms. The second kappa shape index (κ2) is 4.32. The second-order valence-electron chi connectivity index (χ2n) is 6.93. The van der Waals surface area contributed by atoms with Gasteiger partial charge in [-0.25, -0.2) is 0 Å². The van der Waals surface area contributed by atoms with Gasteiger partial charge in [0.05, 0.1) is 18.3 Å². The lowest BCUT2D eigenvalue weighted by Crippen LogP contribution is -2.46. The van der Waals surface area contributed by atoms with Crippen molar-refractivity contribution in [1.29, 1.82) is 0 Å². The highest BCUT2D eigenvalue weighted by molar-refractivity contribution is 5.10. The number of aromatic nitrogens is 2. The zero-order valence-electron chi connectivity index (χ0n) is 11.3. The molecule has 3 N–H and O–H groups in total. The Balaban J connectivity index is 1.60. The van der Waals surface area contributed by atoms with Crippen LogP contribution in [0.15, 0.2) is 12.4 Å². The lowest BCUT2D eigenvalue weighted by Gasteiger charge is -2.54. The number of aliphatic hydroxyl groups excluding tert-OH is 1. The quantitative estimate of drug-likeness (QED) is 0.873. The smallest absolute Gasteiger partial charge is 0.0942 e. The molecule has 1 heterocycles. The molecular weight excluding hydrogens is 238 g/mol. The van der Waals surface area contributed by atoms with Gasteiger partial charge in [-0.1, -0.05) is 0 Å². The minimum absolute atomic E-state index is 0.271. The average molecular weight is 261 g/mol. The third kappa shape index (κ3) is 1.84. The summed E-state index contributed by atoms with van der Waals surface area (Å²) in [4.78, 5) is 0. The van der Waals surface area contributed by atoms with Crippen molar-refractivity contribution in [3.05, 3.63) is 18.0 Å². The average Bonchev–Trinajstić information content (AvgIpc) is 2.86. The lowest BCUT2D eigenvalue weighted by molar-refractivity contribution is -0.0337. The Morgan fingerprint density at radius 3 is 2.42 bits per heavy atom. The fourth-order valence-corrected chi connectivity index (χ4v) is 5.15. The van der Waals surface area contributed by atoms with Crippen LogP contribution in [-0.4, -0.2) is 21.4 Å². The molecule has 4 aliphatic carbocycles. The number of nitrogens with two attached hydrogens (primary N) is 1. The van der Waals surface area contributed by atoms with Crippen molar-refractivity contribution in [1.82, 2.24) is 9.78 Å². The number of rotatable bonds is 3. The van der Waals surface area contributed by atoms with Crippen LogP contribution in [-0.2, 0) is 0 Å². The summed E-state index contributed by atoms with van der Waals surface area (Å²) >= 11 is 0. The summed E-state index contributed by atoms with van der Waals surface area (Å²) in [6, 6.07) is 0.575. The van der Waals surface area contributed by atoms with E-state index in [1.165, 1.54) is 32.1 Å². The molecule has 0 radical (unpaired) electrons. The highest BCUT2D eigenvalue weighted by atomic mass is 16.3. The van der Waals surface area contributed by atoms with E-state index in [1.54, 1.807) is 6.20 Å². The lowest BCUT2D eigenvalue weighted by atomic mass is 9.54. The molecule has 0 amide bonds. The van der Waals surface area contributed by atoms with Crippen molar-refractivity contribution in [2.75, 3.05) is 6.54 Å². The van der Waals surface area contributed by atoms with Gasteiger partial charge in [0.15, 0.2) is 0 Å². The molecule has 19 heavy (non-hydrogen) atoms. The van der Waals surface area contributed by atoms with Crippen LogP contribution in [0.5, 0.6) is 0 Å². The third-order valence-corrected chi connectivity index (χ3v) is 5.71. The Kier molecular flexibility index (Phi) is 2.71. The largest absolute Gasteiger partial charge is 0.387 e. The Morgan fingerprint density at radius 1 is 1.21 bits per heavy atom. The molecule has 4 bridgehead atoms. The van der Waals surface area contributed by atoms with Gasteiger partial charge >= 0.3 is 0 Å². The predicted octanol–water partition coefficient (Wildman–Crippen LogP) is 1.87. The van der Waals surface area contributed by atoms with Crippen LogP contribution in [0.25, 0.3) is 0 Å². The predicted molar refractivity (Wildman–Crippen MR) is 72.3 cm³/mol. The molecule has 0 saturated heterocycles. The summed E-state index contributed by atoms with van der Waals surface area (Å²) in [6.07, 6.45) is 10.3. The van der Waals surface area contributed by atoms with Gasteiger partial charge in [-0.15, -0.1) is 0 Å². The van der Waals surface area contributed by atoms with Gasteiger partial charge in [0.2, 0.25) is 0 Å². The molecule has 104 valence electrons. The molecule has 1 atom stereocenters. The normalized spacial score (nSPS) is 41.7. The SMILES string of the molecule is NCC(O)c1cnn(C2C3CC4CC(C3)CC2C4)c1. The van der Waals surface area contributed by atoms with Gasteiger partial charge in [0, 0.05) is 18.3 Å². The standard InChI is InChI=1S/C15H23N3O/c16-6-14(19)13-7-17-18(8-13)15-11-2-9-1-10(4-11)5-12(15)3-9/h7-12,14-15,19H,1-6,16H2. The van der Waals surface area contributed by atoms with Crippen LogP contribution in [0.2, 0.25) is 0 Å². The van der Waals surface area contributed by atoms with Crippen LogP contribution in [0, 0.1) is 23.7 Å². The maximum atomic E-state index is 9.81. The highest BCUT2D eigenvalue weighted by Gasteiger charge is 2.49. The Labute approximate surface area is 114 Å². The molecule has 1 aromatic rings. The minimum atomic E-state index is -0.564. The first-order valence-corrected chi connectivity index (χ1v) is 7.66. The Hall–Kier alpha value is -0.870. The molecule has 1 aromatic heterocycles. The van der Waals surface area contributed by atoms with Crippen molar-refractivity contribution >= 4 is 0 Å². The van der Waals surface area contributed by atoms with Crippen LogP contribution >= 0.6 is 0 Å². The maximum absolute atomic E-state index is 9.81. The topological polar surface area (TPSA) is 64.1 Å². The van der Waals surface area contributed by atoms with Crippen molar-refractivity contribution in [2.24, 2.45) is 29.4 Å². The van der Waals surface area contributed by atoms with E-state index in [0.717, 1.165) is 29.2 Å². The number of nitrogens with zero attached hydrogens (tertiary/aromatic N) is 2. The Bertz CT molecular complexity index is 442. The summed E-state index contributed by atoms with van der Waals surface area (Å²) in [5.41, 5.74) is 6.39. The second-order valence-corrected chi connectivity index (χ2v) is 6.93. The summed E-state index contributed by atoms with van der Waals surface area (Å²) in [6.45, 7) is 0.271. The van der Waals surface area contributed by atoms with Gasteiger partial charge in [-0.2, -0.15) is 5.10 Å². The van der Waals surface area contributed by atoms with Gasteiger partial charge in [-0.3, -0.25) is 4.68 Å². The third-order valence-electron chi connectivity index (χ3n) is 5.71. The Morgan fingerprint density at radius 2 is 1.84 bits per heavy atom. The van der Waals surface area contributed by atoms with E-state index in [0.29, 0.717) is 6.04 Å². The van der Waals surface area contributed by atoms with Crippen LogP contribution in [0.3, 0.4) is 0 Å². The first-order chi connectivity index (χ1) is 9.24. The number of aliphatic hydroxyl groups is 1. The first-order valence-electron chi connectivity index (χ1n) is 7.66. The summed E-state index contributed by atoms with van der Waals surface area (Å²) in [5.74, 6) is 3.62. The number of hydrogen-bond donors (Lipinski definition) is 2. The molecular formula is C15H23N3O. The van der Waals surface area contributed by atoms with Crippen molar-refractivity contribution < 1.29 is 5.11 Å². The van der Waals surface area contributed by atoms with Gasteiger partial charge in [0.25, 0.3) is 0 Å². The van der Waals surface area contributed by atoms with Crippen LogP contribution in [0.4, 0.5) is 0 Å². The number of hydrogen-bond acceptors (Lipinski definition) is 3. The maximum Gasteiger partial charge on any atom is 0.0942 e. The molecule has 4 heteroatoms. The molecule has 0 aromatic carbocycles. The van der Waals surface area contributed by atoms with E-state index in [9.17, 15) is 5.11 Å². The van der Waals surface area contributed by atoms with Crippen LogP contribution < -0.4 is 5.73 Å². The van der Waals surface area contributed by atoms with E-state index < -0.39 is 6.10 Å². The monoisotopic (exact) mass is 261 g/mol. The van der Waals surface area contributed by atoms with Gasteiger partial charge in [0.1, 0.15) is 0 Å². The fraction of sp³-hybridized carbons (Fsp3) is 0.800. The molecule has 4 saturated carbocycles. The highest BCUT2D eigenvalue weighted by Crippen LogP contribution is 2.58. The minimum Gasteiger partial charge on any atom is -0.387 e. The van der Waals surface area contributed by atoms with E-state index >= 15 is 0 Å². The summed E-state index contributed by atoms with van der Waals surface area (Å²) in [7, 11) is 0. The first kappa shape index (κ1) is 11.9. The fourth-order valence-electron chi connectivity index (χ4n) is 5.15. The molecule has 4 nitrogen and oxygen atoms in total. The zero-order valence-corrected chi connectivity index (χ0v) is 11.3. The van der Waals surface area contributed by atoms with Crippen molar-refractivity contribution in [3.8, 4) is 0 Å². The van der Waals surface area contributed by atoms with E-state index in [-0.39, 0.29) is 6.54 Å². The van der Waals surface area contributed by atoms with Crippen LogP contribution in [0.1, 0.15) is 49.8 Å².